The van der Waals surface area contributed by atoms with Crippen LogP contribution in [0.4, 0.5) is 16.2 Å². The van der Waals surface area contributed by atoms with Crippen LogP contribution in [0.3, 0.4) is 0 Å². The molecule has 3 N–H and O–H groups in total. The van der Waals surface area contributed by atoms with Crippen molar-refractivity contribution in [2.45, 2.75) is 57.3 Å². The molecule has 0 radical (unpaired) electrons. The van der Waals surface area contributed by atoms with Crippen LogP contribution in [0.25, 0.3) is 22.2 Å². The van der Waals surface area contributed by atoms with Gasteiger partial charge in [-0.3, -0.25) is 5.32 Å². The van der Waals surface area contributed by atoms with Crippen molar-refractivity contribution in [1.29, 1.82) is 0 Å². The van der Waals surface area contributed by atoms with E-state index >= 15 is 0 Å². The van der Waals surface area contributed by atoms with E-state index in [4.69, 9.17) is 24.7 Å². The lowest BCUT2D eigenvalue weighted by atomic mass is 9.92. The number of benzene rings is 2. The highest BCUT2D eigenvalue weighted by Crippen LogP contribution is 2.45. The van der Waals surface area contributed by atoms with Crippen molar-refractivity contribution < 1.29 is 23.7 Å². The summed E-state index contributed by atoms with van der Waals surface area (Å²) in [5.74, 6) is 1.26. The summed E-state index contributed by atoms with van der Waals surface area (Å²) in [5, 5.41) is 3.82. The van der Waals surface area contributed by atoms with Gasteiger partial charge < -0.3 is 29.2 Å². The number of fused-ring (bicyclic) bond motifs is 1. The highest BCUT2D eigenvalue weighted by Gasteiger charge is 2.31. The highest BCUT2D eigenvalue weighted by molar-refractivity contribution is 6.02. The Morgan fingerprint density at radius 3 is 2.50 bits per heavy atom. The summed E-state index contributed by atoms with van der Waals surface area (Å²) in [6, 6.07) is 14.4. The number of ether oxygens (including phenoxy) is 4. The number of hydrogen-bond donors (Lipinski definition) is 2. The second kappa shape index (κ2) is 9.67. The summed E-state index contributed by atoms with van der Waals surface area (Å²) in [6.07, 6.45) is 5.17. The number of nitrogens with two attached hydrogens (primary N) is 1. The van der Waals surface area contributed by atoms with Crippen LogP contribution in [0.15, 0.2) is 42.5 Å². The van der Waals surface area contributed by atoms with Gasteiger partial charge in [-0.15, -0.1) is 0 Å². The van der Waals surface area contributed by atoms with Crippen LogP contribution in [-0.4, -0.2) is 42.9 Å². The standard InChI is InChI=1S/C28H33N3O5/c1-17(18-5-6-18)35-28(32)30-20-9-7-19(8-10-20)27-26(29)24-13-22(36-23-14-33-16-34-15-23)11-12-25(24)31(27)21-3-2-4-21/h7-13,17-18,21,23H,2-6,14-16,29H2,1H3,(H,30,32)/t17-/m1/s1. The van der Waals surface area contributed by atoms with Gasteiger partial charge in [-0.05, 0) is 75.3 Å². The first-order chi connectivity index (χ1) is 17.6. The van der Waals surface area contributed by atoms with Crippen LogP contribution < -0.4 is 15.8 Å². The molecule has 1 aromatic heterocycles. The summed E-state index contributed by atoms with van der Waals surface area (Å²) in [7, 11) is 0. The van der Waals surface area contributed by atoms with Crippen molar-refractivity contribution in [1.82, 2.24) is 4.57 Å². The van der Waals surface area contributed by atoms with Gasteiger partial charge in [0.1, 0.15) is 24.8 Å². The molecule has 2 saturated carbocycles. The number of nitrogens with one attached hydrogen (secondary N) is 1. The van der Waals surface area contributed by atoms with E-state index in [0.29, 0.717) is 37.7 Å². The lowest BCUT2D eigenvalue weighted by molar-refractivity contribution is -0.143. The molecular weight excluding hydrogens is 458 g/mol. The SMILES string of the molecule is C[C@@H](OC(=O)Nc1ccc(-c2c(N)c3cc(OC4COCOC4)ccc3n2C2CCC2)cc1)C1CC1. The zero-order valence-electron chi connectivity index (χ0n) is 20.6. The number of anilines is 2. The summed E-state index contributed by atoms with van der Waals surface area (Å²) < 4.78 is 24.7. The molecule has 1 amide bonds. The van der Waals surface area contributed by atoms with E-state index in [2.05, 4.69) is 16.0 Å². The molecule has 1 atom stereocenters. The molecule has 3 aromatic rings. The van der Waals surface area contributed by atoms with Gasteiger partial charge in [0.2, 0.25) is 0 Å². The van der Waals surface area contributed by atoms with Gasteiger partial charge in [0.05, 0.1) is 30.1 Å². The van der Waals surface area contributed by atoms with Gasteiger partial charge >= 0.3 is 6.09 Å². The number of nitrogen functional groups attached to an aromatic ring is 1. The molecule has 8 heteroatoms. The molecule has 0 unspecified atom stereocenters. The molecule has 1 aliphatic heterocycles. The van der Waals surface area contributed by atoms with Gasteiger partial charge in [-0.25, -0.2) is 4.79 Å². The van der Waals surface area contributed by atoms with Crippen molar-refractivity contribution in [3.05, 3.63) is 42.5 Å². The number of amides is 1. The zero-order chi connectivity index (χ0) is 24.6. The van der Waals surface area contributed by atoms with E-state index < -0.39 is 6.09 Å². The summed E-state index contributed by atoms with van der Waals surface area (Å²) in [4.78, 5) is 12.3. The second-order valence-electron chi connectivity index (χ2n) is 10.1. The maximum absolute atomic E-state index is 12.3. The fourth-order valence-corrected chi connectivity index (χ4v) is 5.13. The van der Waals surface area contributed by atoms with E-state index in [1.165, 1.54) is 6.42 Å². The molecule has 1 saturated heterocycles. The number of aromatic nitrogens is 1. The Kier molecular flexibility index (Phi) is 6.23. The molecule has 2 aromatic carbocycles. The second-order valence-corrected chi connectivity index (χ2v) is 10.1. The number of nitrogens with zero attached hydrogens (tertiary/aromatic N) is 1. The van der Waals surface area contributed by atoms with E-state index in [-0.39, 0.29) is 12.2 Å². The first kappa shape index (κ1) is 23.2. The zero-order valence-corrected chi connectivity index (χ0v) is 20.6. The summed E-state index contributed by atoms with van der Waals surface area (Å²) >= 11 is 0. The number of carbonyl (C=O) groups excluding carboxylic acids is 1. The first-order valence-corrected chi connectivity index (χ1v) is 12.9. The molecule has 3 fully saturated rings. The average Bonchev–Trinajstić information content (AvgIpc) is 3.66. The van der Waals surface area contributed by atoms with Crippen molar-refractivity contribution in [2.75, 3.05) is 31.1 Å². The lowest BCUT2D eigenvalue weighted by Gasteiger charge is -2.30. The van der Waals surface area contributed by atoms with Crippen LogP contribution in [0.1, 0.15) is 45.1 Å². The van der Waals surface area contributed by atoms with Crippen LogP contribution in [0.5, 0.6) is 5.75 Å². The van der Waals surface area contributed by atoms with E-state index in [1.54, 1.807) is 0 Å². The van der Waals surface area contributed by atoms with Crippen LogP contribution in [0, 0.1) is 5.92 Å². The van der Waals surface area contributed by atoms with E-state index in [1.807, 2.05) is 43.3 Å². The minimum atomic E-state index is -0.411. The van der Waals surface area contributed by atoms with Crippen molar-refractivity contribution in [3.8, 4) is 17.0 Å². The quantitative estimate of drug-likeness (QED) is 0.439. The van der Waals surface area contributed by atoms with Gasteiger partial charge in [0, 0.05) is 22.7 Å². The van der Waals surface area contributed by atoms with Crippen LogP contribution in [-0.2, 0) is 14.2 Å². The van der Waals surface area contributed by atoms with E-state index in [9.17, 15) is 4.79 Å². The first-order valence-electron chi connectivity index (χ1n) is 12.9. The smallest absolute Gasteiger partial charge is 0.411 e. The molecule has 6 rings (SSSR count). The predicted molar refractivity (Wildman–Crippen MR) is 138 cm³/mol. The van der Waals surface area contributed by atoms with Crippen molar-refractivity contribution >= 4 is 28.4 Å². The Morgan fingerprint density at radius 2 is 1.83 bits per heavy atom. The Labute approximate surface area is 210 Å². The van der Waals surface area contributed by atoms with Gasteiger partial charge in [0.25, 0.3) is 0 Å². The van der Waals surface area contributed by atoms with Crippen LogP contribution in [0.2, 0.25) is 0 Å². The maximum Gasteiger partial charge on any atom is 0.411 e. The maximum atomic E-state index is 12.3. The molecule has 36 heavy (non-hydrogen) atoms. The number of carbonyl (C=O) groups is 1. The molecule has 0 spiro atoms. The third kappa shape index (κ3) is 4.63. The molecule has 8 nitrogen and oxygen atoms in total. The minimum Gasteiger partial charge on any atom is -0.486 e. The molecule has 2 aliphatic carbocycles. The van der Waals surface area contributed by atoms with Crippen molar-refractivity contribution in [3.63, 3.8) is 0 Å². The third-order valence-corrected chi connectivity index (χ3v) is 7.51. The Balaban J connectivity index is 1.27. The van der Waals surface area contributed by atoms with Gasteiger partial charge in [-0.2, -0.15) is 0 Å². The minimum absolute atomic E-state index is 0.0470. The Hall–Kier alpha value is -3.23. The van der Waals surface area contributed by atoms with E-state index in [0.717, 1.165) is 59.3 Å². The summed E-state index contributed by atoms with van der Waals surface area (Å²) in [6.45, 7) is 3.29. The molecule has 0 bridgehead atoms. The molecular formula is C28H33N3O5. The van der Waals surface area contributed by atoms with Crippen LogP contribution >= 0.6 is 0 Å². The largest absolute Gasteiger partial charge is 0.486 e. The highest BCUT2D eigenvalue weighted by atomic mass is 16.7. The monoisotopic (exact) mass is 491 g/mol. The molecule has 3 aliphatic rings. The molecule has 2 heterocycles. The predicted octanol–water partition coefficient (Wildman–Crippen LogP) is 5.71. The van der Waals surface area contributed by atoms with Crippen molar-refractivity contribution in [2.24, 2.45) is 5.92 Å². The fourth-order valence-electron chi connectivity index (χ4n) is 5.13. The lowest BCUT2D eigenvalue weighted by Crippen LogP contribution is -2.33. The average molecular weight is 492 g/mol. The topological polar surface area (TPSA) is 97.0 Å². The summed E-state index contributed by atoms with van der Waals surface area (Å²) in [5.41, 5.74) is 11.3. The Bertz CT molecular complexity index is 1240. The molecule has 190 valence electrons. The normalized spacial score (nSPS) is 19.6. The Morgan fingerprint density at radius 1 is 1.08 bits per heavy atom. The van der Waals surface area contributed by atoms with Gasteiger partial charge in [0.15, 0.2) is 0 Å². The number of hydrogen-bond acceptors (Lipinski definition) is 6. The fraction of sp³-hybridized carbons (Fsp3) is 0.464. The van der Waals surface area contributed by atoms with Gasteiger partial charge in [-0.1, -0.05) is 12.1 Å². The third-order valence-electron chi connectivity index (χ3n) is 7.51. The number of rotatable bonds is 7.